The number of carbonyl (C=O) groups is 2. The molecule has 2 aromatic rings. The molecule has 1 aromatic heterocycles. The number of carbonyl (C=O) groups excluding carboxylic acids is 2. The Morgan fingerprint density at radius 2 is 2.08 bits per heavy atom. The number of hydrogen-bond donors (Lipinski definition) is 1. The molecule has 1 aliphatic heterocycles. The molecule has 0 bridgehead atoms. The quantitative estimate of drug-likeness (QED) is 0.625. The van der Waals surface area contributed by atoms with Gasteiger partial charge in [0.2, 0.25) is 5.91 Å². The fourth-order valence-corrected chi connectivity index (χ4v) is 3.74. The molecule has 1 atom stereocenters. The summed E-state index contributed by atoms with van der Waals surface area (Å²) in [4.78, 5) is 26.8. The zero-order valence-corrected chi connectivity index (χ0v) is 15.5. The molecule has 0 spiro atoms. The topological polar surface area (TPSA) is 62.6 Å². The van der Waals surface area contributed by atoms with Gasteiger partial charge in [0.25, 0.3) is 5.91 Å². The molecule has 2 heterocycles. The van der Waals surface area contributed by atoms with Crippen molar-refractivity contribution in [3.63, 3.8) is 0 Å². The first-order valence-corrected chi connectivity index (χ1v) is 8.93. The van der Waals surface area contributed by atoms with E-state index in [1.165, 1.54) is 11.2 Å². The molecule has 1 aliphatic rings. The first-order valence-electron chi connectivity index (χ1n) is 7.32. The van der Waals surface area contributed by atoms with Crippen molar-refractivity contribution in [3.8, 4) is 0 Å². The molecule has 8 heteroatoms. The summed E-state index contributed by atoms with van der Waals surface area (Å²) in [6.45, 7) is 1.63. The minimum atomic E-state index is -0.745. The maximum atomic E-state index is 12.6. The highest BCUT2D eigenvalue weighted by atomic mass is 35.5. The minimum absolute atomic E-state index is 0.315. The number of nitrogens with one attached hydrogen (secondary N) is 1. The van der Waals surface area contributed by atoms with Gasteiger partial charge in [-0.15, -0.1) is 0 Å². The van der Waals surface area contributed by atoms with E-state index in [4.69, 9.17) is 28.2 Å². The van der Waals surface area contributed by atoms with Gasteiger partial charge in [-0.05, 0) is 43.3 Å². The third-order valence-corrected chi connectivity index (χ3v) is 5.10. The summed E-state index contributed by atoms with van der Waals surface area (Å²) in [7, 11) is 0. The second-order valence-corrected chi connectivity index (χ2v) is 7.35. The average molecular weight is 393 g/mol. The van der Waals surface area contributed by atoms with E-state index in [9.17, 15) is 9.59 Å². The van der Waals surface area contributed by atoms with Crippen LogP contribution in [0, 0.1) is 0 Å². The molecule has 5 nitrogen and oxygen atoms in total. The summed E-state index contributed by atoms with van der Waals surface area (Å²) in [6, 6.07) is 9.45. The van der Waals surface area contributed by atoms with E-state index >= 15 is 0 Å². The van der Waals surface area contributed by atoms with Crippen LogP contribution in [0.15, 0.2) is 52.0 Å². The second kappa shape index (κ2) is 7.43. The maximum absolute atomic E-state index is 12.6. The highest BCUT2D eigenvalue weighted by Gasteiger charge is 2.38. The Morgan fingerprint density at radius 1 is 1.36 bits per heavy atom. The van der Waals surface area contributed by atoms with Crippen molar-refractivity contribution in [3.05, 3.63) is 58.3 Å². The van der Waals surface area contributed by atoms with Crippen LogP contribution in [0.3, 0.4) is 0 Å². The van der Waals surface area contributed by atoms with E-state index in [0.717, 1.165) is 11.8 Å². The number of furan rings is 1. The molecule has 1 saturated heterocycles. The van der Waals surface area contributed by atoms with Crippen LogP contribution in [-0.2, 0) is 9.59 Å². The maximum Gasteiger partial charge on any atom is 0.267 e. The van der Waals surface area contributed by atoms with E-state index in [0.29, 0.717) is 25.7 Å². The summed E-state index contributed by atoms with van der Waals surface area (Å²) in [5.74, 6) is -0.0956. The Labute approximate surface area is 159 Å². The number of halogens is 1. The van der Waals surface area contributed by atoms with Crippen molar-refractivity contribution in [2.24, 2.45) is 0 Å². The normalized spacial score (nSPS) is 17.2. The summed E-state index contributed by atoms with van der Waals surface area (Å²) in [5, 5.41) is 3.32. The molecule has 3 rings (SSSR count). The summed E-state index contributed by atoms with van der Waals surface area (Å²) in [6.07, 6.45) is 3.14. The van der Waals surface area contributed by atoms with Gasteiger partial charge in [0.1, 0.15) is 16.1 Å². The second-order valence-electron chi connectivity index (χ2n) is 5.24. The Hall–Kier alpha value is -2.09. The van der Waals surface area contributed by atoms with Crippen molar-refractivity contribution in [2.75, 3.05) is 5.32 Å². The third kappa shape index (κ3) is 3.95. The molecule has 1 N–H and O–H groups in total. The Kier molecular flexibility index (Phi) is 5.27. The number of amides is 2. The number of anilines is 1. The smallest absolute Gasteiger partial charge is 0.267 e. The van der Waals surface area contributed by atoms with Crippen molar-refractivity contribution in [1.82, 2.24) is 4.90 Å². The number of thioether (sulfide) groups is 1. The van der Waals surface area contributed by atoms with Gasteiger partial charge < -0.3 is 9.73 Å². The van der Waals surface area contributed by atoms with E-state index in [1.54, 1.807) is 49.4 Å². The number of thiocarbonyl (C=S) groups is 1. The molecule has 0 aliphatic carbocycles. The fraction of sp³-hybridized carbons (Fsp3) is 0.118. The lowest BCUT2D eigenvalue weighted by Crippen LogP contribution is -2.44. The zero-order valence-electron chi connectivity index (χ0n) is 13.1. The minimum Gasteiger partial charge on any atom is -0.465 e. The van der Waals surface area contributed by atoms with Gasteiger partial charge >= 0.3 is 0 Å². The van der Waals surface area contributed by atoms with Crippen molar-refractivity contribution in [1.29, 1.82) is 0 Å². The van der Waals surface area contributed by atoms with E-state index in [-0.39, 0.29) is 11.8 Å². The predicted octanol–water partition coefficient (Wildman–Crippen LogP) is 4.16. The van der Waals surface area contributed by atoms with Gasteiger partial charge in [-0.2, -0.15) is 0 Å². The van der Waals surface area contributed by atoms with Crippen molar-refractivity contribution < 1.29 is 14.0 Å². The van der Waals surface area contributed by atoms with Gasteiger partial charge in [-0.3, -0.25) is 14.5 Å². The van der Waals surface area contributed by atoms with Crippen LogP contribution in [0.2, 0.25) is 5.02 Å². The van der Waals surface area contributed by atoms with Gasteiger partial charge in [0, 0.05) is 16.8 Å². The zero-order chi connectivity index (χ0) is 18.0. The molecule has 0 radical (unpaired) electrons. The van der Waals surface area contributed by atoms with E-state index < -0.39 is 6.04 Å². The Bertz CT molecular complexity index is 847. The lowest BCUT2D eigenvalue weighted by molar-refractivity contribution is -0.129. The SMILES string of the molecule is CC(C(=O)Nc1ccc(Cl)cc1)N1C(=O)/C(=C/c2ccco2)SC1=S. The lowest BCUT2D eigenvalue weighted by Gasteiger charge is -2.22. The van der Waals surface area contributed by atoms with Crippen molar-refractivity contribution >= 4 is 63.5 Å². The molecule has 25 heavy (non-hydrogen) atoms. The van der Waals surface area contributed by atoms with Crippen LogP contribution in [0.25, 0.3) is 6.08 Å². The highest BCUT2D eigenvalue weighted by Crippen LogP contribution is 2.34. The Balaban J connectivity index is 1.73. The van der Waals surface area contributed by atoms with Crippen molar-refractivity contribution in [2.45, 2.75) is 13.0 Å². The predicted molar refractivity (Wildman–Crippen MR) is 103 cm³/mol. The molecular weight excluding hydrogens is 380 g/mol. The third-order valence-electron chi connectivity index (χ3n) is 3.52. The lowest BCUT2D eigenvalue weighted by atomic mass is 10.2. The fourth-order valence-electron chi connectivity index (χ4n) is 2.21. The molecule has 1 fully saturated rings. The average Bonchev–Trinajstić information content (AvgIpc) is 3.18. The largest absolute Gasteiger partial charge is 0.465 e. The first-order chi connectivity index (χ1) is 12.0. The van der Waals surface area contributed by atoms with E-state index in [1.807, 2.05) is 0 Å². The molecule has 0 saturated carbocycles. The van der Waals surface area contributed by atoms with Gasteiger partial charge in [0.05, 0.1) is 11.2 Å². The standard InChI is InChI=1S/C17H13ClN2O3S2/c1-10(15(21)19-12-6-4-11(18)5-7-12)20-16(22)14(25-17(20)24)9-13-3-2-8-23-13/h2-10H,1H3,(H,19,21)/b14-9-. The summed E-state index contributed by atoms with van der Waals surface area (Å²) in [5.41, 5.74) is 0.595. The number of nitrogens with zero attached hydrogens (tertiary/aromatic N) is 1. The molecule has 128 valence electrons. The molecular formula is C17H13ClN2O3S2. The summed E-state index contributed by atoms with van der Waals surface area (Å²) < 4.78 is 5.55. The molecule has 1 aromatic carbocycles. The van der Waals surface area contributed by atoms with Gasteiger partial charge in [0.15, 0.2) is 0 Å². The number of benzene rings is 1. The van der Waals surface area contributed by atoms with Gasteiger partial charge in [-0.25, -0.2) is 0 Å². The van der Waals surface area contributed by atoms with Crippen LogP contribution in [0.4, 0.5) is 5.69 Å². The van der Waals surface area contributed by atoms with Gasteiger partial charge in [-0.1, -0.05) is 35.6 Å². The van der Waals surface area contributed by atoms with Crippen LogP contribution in [0.1, 0.15) is 12.7 Å². The summed E-state index contributed by atoms with van der Waals surface area (Å²) >= 11 is 12.2. The highest BCUT2D eigenvalue weighted by molar-refractivity contribution is 8.26. The monoisotopic (exact) mass is 392 g/mol. The first kappa shape index (κ1) is 17.7. The van der Waals surface area contributed by atoms with Crippen LogP contribution in [0.5, 0.6) is 0 Å². The molecule has 1 unspecified atom stereocenters. The number of rotatable bonds is 4. The van der Waals surface area contributed by atoms with Crippen LogP contribution < -0.4 is 5.32 Å². The molecule has 2 amide bonds. The van der Waals surface area contributed by atoms with Crippen LogP contribution >= 0.6 is 35.6 Å². The Morgan fingerprint density at radius 3 is 2.72 bits per heavy atom. The number of hydrogen-bond acceptors (Lipinski definition) is 5. The van der Waals surface area contributed by atoms with Crippen LogP contribution in [-0.4, -0.2) is 27.1 Å². The van der Waals surface area contributed by atoms with E-state index in [2.05, 4.69) is 5.32 Å².